The minimum atomic E-state index is -1.18. The van der Waals surface area contributed by atoms with Crippen molar-refractivity contribution in [1.29, 1.82) is 0 Å². The predicted octanol–water partition coefficient (Wildman–Crippen LogP) is 5.10. The fourth-order valence-electron chi connectivity index (χ4n) is 2.73. The number of benzene rings is 2. The molecule has 1 amide bonds. The van der Waals surface area contributed by atoms with E-state index in [1.54, 1.807) is 57.2 Å². The van der Waals surface area contributed by atoms with E-state index in [-0.39, 0.29) is 13.0 Å². The van der Waals surface area contributed by atoms with Crippen molar-refractivity contribution in [3.8, 4) is 11.5 Å². The Morgan fingerprint density at radius 2 is 1.77 bits per heavy atom. The maximum atomic E-state index is 12.0. The van der Waals surface area contributed by atoms with Gasteiger partial charge in [0.05, 0.1) is 17.2 Å². The Morgan fingerprint density at radius 1 is 1.13 bits per heavy atom. The van der Waals surface area contributed by atoms with Gasteiger partial charge in [-0.25, -0.2) is 9.59 Å². The van der Waals surface area contributed by atoms with Crippen LogP contribution in [0.25, 0.3) is 0 Å². The molecule has 9 heteroatoms. The lowest BCUT2D eigenvalue weighted by Gasteiger charge is -2.22. The Kier molecular flexibility index (Phi) is 8.42. The Bertz CT molecular complexity index is 922. The van der Waals surface area contributed by atoms with Crippen LogP contribution in [0.2, 0.25) is 10.0 Å². The summed E-state index contributed by atoms with van der Waals surface area (Å²) in [5, 5.41) is 12.6. The minimum Gasteiger partial charge on any atom is -0.496 e. The van der Waals surface area contributed by atoms with Crippen molar-refractivity contribution in [2.24, 2.45) is 0 Å². The lowest BCUT2D eigenvalue weighted by molar-refractivity contribution is -0.139. The first-order valence-electron chi connectivity index (χ1n) is 9.45. The summed E-state index contributed by atoms with van der Waals surface area (Å²) in [5.41, 5.74) is 0.586. The van der Waals surface area contributed by atoms with E-state index in [0.29, 0.717) is 32.7 Å². The Labute approximate surface area is 191 Å². The van der Waals surface area contributed by atoms with Crippen molar-refractivity contribution in [3.05, 3.63) is 57.6 Å². The second-order valence-electron chi connectivity index (χ2n) is 7.73. The second kappa shape index (κ2) is 10.6. The molecule has 0 saturated heterocycles. The Hall–Kier alpha value is -2.64. The van der Waals surface area contributed by atoms with Gasteiger partial charge in [0, 0.05) is 12.0 Å². The van der Waals surface area contributed by atoms with E-state index in [4.69, 9.17) is 37.4 Å². The molecule has 0 saturated carbocycles. The highest BCUT2D eigenvalue weighted by molar-refractivity contribution is 6.37. The summed E-state index contributed by atoms with van der Waals surface area (Å²) in [6, 6.07) is 9.03. The molecule has 0 heterocycles. The summed E-state index contributed by atoms with van der Waals surface area (Å²) in [5.74, 6) is -0.283. The molecule has 0 fully saturated rings. The molecule has 1 atom stereocenters. The van der Waals surface area contributed by atoms with Crippen molar-refractivity contribution in [2.75, 3.05) is 7.11 Å². The predicted molar refractivity (Wildman–Crippen MR) is 118 cm³/mol. The Balaban J connectivity index is 2.17. The third kappa shape index (κ3) is 7.52. The molecular formula is C22H25Cl2NO6. The van der Waals surface area contributed by atoms with Crippen LogP contribution < -0.4 is 14.8 Å². The molecule has 2 N–H and O–H groups in total. The number of alkyl carbamates (subject to hydrolysis) is 1. The first-order chi connectivity index (χ1) is 14.5. The maximum Gasteiger partial charge on any atom is 0.408 e. The van der Waals surface area contributed by atoms with Crippen LogP contribution in [0.15, 0.2) is 36.4 Å². The molecule has 0 aliphatic heterocycles. The summed E-state index contributed by atoms with van der Waals surface area (Å²) >= 11 is 12.3. The summed E-state index contributed by atoms with van der Waals surface area (Å²) in [4.78, 5) is 23.6. The molecule has 0 aromatic heterocycles. The van der Waals surface area contributed by atoms with Gasteiger partial charge in [0.15, 0.2) is 5.75 Å². The number of rotatable bonds is 8. The number of nitrogens with one attached hydrogen (secondary N) is 1. The van der Waals surface area contributed by atoms with Gasteiger partial charge in [-0.15, -0.1) is 0 Å². The van der Waals surface area contributed by atoms with Gasteiger partial charge in [0.1, 0.15) is 24.0 Å². The fraction of sp³-hybridized carbons (Fsp3) is 0.364. The number of aliphatic carboxylic acids is 1. The summed E-state index contributed by atoms with van der Waals surface area (Å²) in [6.07, 6.45) is -0.761. The maximum absolute atomic E-state index is 12.0. The first-order valence-corrected chi connectivity index (χ1v) is 10.2. The molecule has 0 radical (unpaired) electrons. The quantitative estimate of drug-likeness (QED) is 0.558. The molecule has 2 aromatic rings. The largest absolute Gasteiger partial charge is 0.496 e. The van der Waals surface area contributed by atoms with Crippen LogP contribution in [0.5, 0.6) is 11.5 Å². The molecular weight excluding hydrogens is 445 g/mol. The van der Waals surface area contributed by atoms with Crippen LogP contribution in [-0.4, -0.2) is 35.9 Å². The summed E-state index contributed by atoms with van der Waals surface area (Å²) in [6.45, 7) is 5.19. The molecule has 1 unspecified atom stereocenters. The van der Waals surface area contributed by atoms with Crippen LogP contribution in [-0.2, 0) is 22.6 Å². The highest BCUT2D eigenvalue weighted by Crippen LogP contribution is 2.33. The number of carboxylic acids is 1. The van der Waals surface area contributed by atoms with E-state index < -0.39 is 23.7 Å². The molecule has 0 spiro atoms. The van der Waals surface area contributed by atoms with Gasteiger partial charge in [-0.05, 0) is 50.6 Å². The number of carbonyl (C=O) groups is 2. The summed E-state index contributed by atoms with van der Waals surface area (Å²) in [7, 11) is 1.52. The zero-order valence-corrected chi connectivity index (χ0v) is 19.2. The first kappa shape index (κ1) is 24.6. The highest BCUT2D eigenvalue weighted by atomic mass is 35.5. The number of ether oxygens (including phenoxy) is 3. The van der Waals surface area contributed by atoms with Crippen LogP contribution in [0.1, 0.15) is 31.9 Å². The number of carboxylic acid groups (broad SMARTS) is 1. The topological polar surface area (TPSA) is 94.1 Å². The normalized spacial score (nSPS) is 12.1. The monoisotopic (exact) mass is 469 g/mol. The van der Waals surface area contributed by atoms with Crippen LogP contribution >= 0.6 is 23.2 Å². The van der Waals surface area contributed by atoms with Gasteiger partial charge in [-0.3, -0.25) is 0 Å². The lowest BCUT2D eigenvalue weighted by Crippen LogP contribution is -2.44. The molecule has 2 rings (SSSR count). The van der Waals surface area contributed by atoms with Gasteiger partial charge in [-0.2, -0.15) is 0 Å². The van der Waals surface area contributed by atoms with E-state index >= 15 is 0 Å². The van der Waals surface area contributed by atoms with Crippen molar-refractivity contribution >= 4 is 35.3 Å². The van der Waals surface area contributed by atoms with Crippen LogP contribution in [0.4, 0.5) is 4.79 Å². The van der Waals surface area contributed by atoms with Crippen molar-refractivity contribution in [3.63, 3.8) is 0 Å². The number of methoxy groups -OCH3 is 1. The van der Waals surface area contributed by atoms with Gasteiger partial charge in [-0.1, -0.05) is 35.3 Å². The molecule has 168 valence electrons. The molecule has 2 aromatic carbocycles. The molecule has 0 aliphatic carbocycles. The SMILES string of the molecule is COc1ccc(CC(NC(=O)OC(C)(C)C)C(=O)O)cc1COc1c(Cl)cccc1Cl. The Morgan fingerprint density at radius 3 is 2.32 bits per heavy atom. The standard InChI is InChI=1S/C22H25Cl2NO6/c1-22(2,3)31-21(28)25-17(20(26)27)11-13-8-9-18(29-4)14(10-13)12-30-19-15(23)6-5-7-16(19)24/h5-10,17H,11-12H2,1-4H3,(H,25,28)(H,26,27). The smallest absolute Gasteiger partial charge is 0.408 e. The minimum absolute atomic E-state index is 0.0401. The molecule has 0 aliphatic rings. The number of hydrogen-bond donors (Lipinski definition) is 2. The lowest BCUT2D eigenvalue weighted by atomic mass is 10.0. The van der Waals surface area contributed by atoms with Crippen molar-refractivity contribution in [1.82, 2.24) is 5.32 Å². The fourth-order valence-corrected chi connectivity index (χ4v) is 3.23. The third-order valence-electron chi connectivity index (χ3n) is 4.06. The molecule has 31 heavy (non-hydrogen) atoms. The van der Waals surface area contributed by atoms with Gasteiger partial charge in [0.25, 0.3) is 0 Å². The zero-order valence-electron chi connectivity index (χ0n) is 17.7. The molecule has 7 nitrogen and oxygen atoms in total. The summed E-state index contributed by atoms with van der Waals surface area (Å²) < 4.78 is 16.3. The van der Waals surface area contributed by atoms with E-state index in [0.717, 1.165) is 0 Å². The van der Waals surface area contributed by atoms with Gasteiger partial charge in [0.2, 0.25) is 0 Å². The third-order valence-corrected chi connectivity index (χ3v) is 4.66. The number of amides is 1. The van der Waals surface area contributed by atoms with Crippen LogP contribution in [0, 0.1) is 0 Å². The van der Waals surface area contributed by atoms with E-state index in [2.05, 4.69) is 5.32 Å². The highest BCUT2D eigenvalue weighted by Gasteiger charge is 2.24. The number of carbonyl (C=O) groups excluding carboxylic acids is 1. The number of halogens is 2. The number of para-hydroxylation sites is 1. The molecule has 0 bridgehead atoms. The van der Waals surface area contributed by atoms with E-state index in [9.17, 15) is 14.7 Å². The van der Waals surface area contributed by atoms with E-state index in [1.807, 2.05) is 0 Å². The second-order valence-corrected chi connectivity index (χ2v) is 8.54. The average Bonchev–Trinajstić information content (AvgIpc) is 2.65. The van der Waals surface area contributed by atoms with Gasteiger partial charge < -0.3 is 24.6 Å². The zero-order chi connectivity index (χ0) is 23.2. The van der Waals surface area contributed by atoms with Crippen molar-refractivity contribution < 1.29 is 28.9 Å². The average molecular weight is 470 g/mol. The van der Waals surface area contributed by atoms with Crippen molar-refractivity contribution in [2.45, 2.75) is 45.4 Å². The van der Waals surface area contributed by atoms with Crippen LogP contribution in [0.3, 0.4) is 0 Å². The van der Waals surface area contributed by atoms with Gasteiger partial charge >= 0.3 is 12.1 Å². The number of hydrogen-bond acceptors (Lipinski definition) is 5. The van der Waals surface area contributed by atoms with E-state index in [1.165, 1.54) is 7.11 Å².